The summed E-state index contributed by atoms with van der Waals surface area (Å²) in [5.41, 5.74) is 8.28. The molecule has 106 valence electrons. The topological polar surface area (TPSA) is 56.7 Å². The van der Waals surface area contributed by atoms with E-state index in [4.69, 9.17) is 5.73 Å². The second-order valence-electron chi connectivity index (χ2n) is 4.82. The van der Waals surface area contributed by atoms with Crippen molar-refractivity contribution in [1.29, 1.82) is 0 Å². The van der Waals surface area contributed by atoms with Gasteiger partial charge in [-0.15, -0.1) is 0 Å². The molecule has 2 N–H and O–H groups in total. The van der Waals surface area contributed by atoms with Crippen LogP contribution in [0.4, 0.5) is 4.39 Å². The molecule has 4 nitrogen and oxygen atoms in total. The van der Waals surface area contributed by atoms with Crippen LogP contribution in [0.15, 0.2) is 61.2 Å². The average molecular weight is 282 g/mol. The minimum absolute atomic E-state index is 0.207. The molecular weight excluding hydrogens is 267 g/mol. The third-order valence-electron chi connectivity index (χ3n) is 3.30. The molecule has 0 radical (unpaired) electrons. The van der Waals surface area contributed by atoms with Gasteiger partial charge in [-0.25, -0.2) is 14.4 Å². The highest BCUT2D eigenvalue weighted by atomic mass is 19.1. The first kappa shape index (κ1) is 13.5. The van der Waals surface area contributed by atoms with Gasteiger partial charge in [0.1, 0.15) is 18.0 Å². The fourth-order valence-corrected chi connectivity index (χ4v) is 2.25. The smallest absolute Gasteiger partial charge is 0.141 e. The van der Waals surface area contributed by atoms with Crippen molar-refractivity contribution in [1.82, 2.24) is 14.5 Å². The van der Waals surface area contributed by atoms with Gasteiger partial charge in [0.15, 0.2) is 0 Å². The Bertz CT molecular complexity index is 707. The summed E-state index contributed by atoms with van der Waals surface area (Å²) in [6, 6.07) is 12.8. The molecule has 0 unspecified atom stereocenters. The van der Waals surface area contributed by atoms with E-state index in [0.717, 1.165) is 11.3 Å². The Kier molecular flexibility index (Phi) is 3.75. The summed E-state index contributed by atoms with van der Waals surface area (Å²) in [6.45, 7) is 0. The maximum Gasteiger partial charge on any atom is 0.141 e. The lowest BCUT2D eigenvalue weighted by atomic mass is 10.0. The molecule has 0 amide bonds. The first-order valence-corrected chi connectivity index (χ1v) is 6.68. The Morgan fingerprint density at radius 3 is 2.62 bits per heavy atom. The van der Waals surface area contributed by atoms with Gasteiger partial charge >= 0.3 is 0 Å². The van der Waals surface area contributed by atoms with Gasteiger partial charge in [0.05, 0.1) is 24.1 Å². The Hall–Kier alpha value is -2.53. The van der Waals surface area contributed by atoms with Gasteiger partial charge in [0, 0.05) is 0 Å². The van der Waals surface area contributed by atoms with Crippen LogP contribution >= 0.6 is 0 Å². The summed E-state index contributed by atoms with van der Waals surface area (Å²) in [4.78, 5) is 8.20. The van der Waals surface area contributed by atoms with Gasteiger partial charge in [-0.1, -0.05) is 30.3 Å². The quantitative estimate of drug-likeness (QED) is 0.800. The number of aromatic nitrogens is 3. The molecule has 3 rings (SSSR count). The normalized spacial score (nSPS) is 12.3. The third-order valence-corrected chi connectivity index (χ3v) is 3.30. The number of hydrogen-bond acceptors (Lipinski definition) is 3. The van der Waals surface area contributed by atoms with E-state index in [1.165, 1.54) is 12.3 Å². The molecule has 0 saturated carbocycles. The summed E-state index contributed by atoms with van der Waals surface area (Å²) in [6.07, 6.45) is 5.24. The van der Waals surface area contributed by atoms with Crippen LogP contribution in [0.1, 0.15) is 17.3 Å². The molecule has 0 saturated heterocycles. The minimum Gasteiger partial charge on any atom is -0.322 e. The zero-order valence-electron chi connectivity index (χ0n) is 11.4. The Balaban J connectivity index is 1.86. The number of hydrogen-bond donors (Lipinski definition) is 1. The molecular formula is C16H15FN4. The van der Waals surface area contributed by atoms with Crippen LogP contribution in [-0.4, -0.2) is 14.5 Å². The van der Waals surface area contributed by atoms with Crippen LogP contribution in [0.3, 0.4) is 0 Å². The lowest BCUT2D eigenvalue weighted by Gasteiger charge is -2.14. The van der Waals surface area contributed by atoms with Crippen molar-refractivity contribution in [3.8, 4) is 5.82 Å². The second kappa shape index (κ2) is 5.85. The van der Waals surface area contributed by atoms with Gasteiger partial charge in [-0.05, 0) is 24.1 Å². The average Bonchev–Trinajstić information content (AvgIpc) is 2.98. The van der Waals surface area contributed by atoms with Gasteiger partial charge < -0.3 is 5.73 Å². The summed E-state index contributed by atoms with van der Waals surface area (Å²) >= 11 is 0. The van der Waals surface area contributed by atoms with E-state index in [9.17, 15) is 4.39 Å². The number of pyridine rings is 1. The third kappa shape index (κ3) is 2.98. The number of halogens is 1. The lowest BCUT2D eigenvalue weighted by Crippen LogP contribution is -2.17. The Morgan fingerprint density at radius 2 is 1.90 bits per heavy atom. The zero-order valence-corrected chi connectivity index (χ0v) is 11.4. The molecule has 1 atom stereocenters. The van der Waals surface area contributed by atoms with Gasteiger partial charge in [-0.3, -0.25) is 4.57 Å². The van der Waals surface area contributed by atoms with Crippen molar-refractivity contribution in [2.24, 2.45) is 5.73 Å². The van der Waals surface area contributed by atoms with Crippen molar-refractivity contribution < 1.29 is 4.39 Å². The molecule has 3 aromatic rings. The fourth-order valence-electron chi connectivity index (χ4n) is 2.25. The van der Waals surface area contributed by atoms with E-state index in [1.807, 2.05) is 30.3 Å². The van der Waals surface area contributed by atoms with Crippen molar-refractivity contribution >= 4 is 0 Å². The number of benzene rings is 1. The molecule has 0 bridgehead atoms. The minimum atomic E-state index is -0.367. The molecule has 2 aromatic heterocycles. The number of imidazole rings is 1. The maximum absolute atomic E-state index is 13.0. The molecule has 0 aliphatic heterocycles. The molecule has 5 heteroatoms. The van der Waals surface area contributed by atoms with E-state index >= 15 is 0 Å². The molecule has 0 fully saturated rings. The molecule has 0 aliphatic rings. The second-order valence-corrected chi connectivity index (χ2v) is 4.82. The van der Waals surface area contributed by atoms with Crippen LogP contribution in [0.25, 0.3) is 5.82 Å². The molecule has 1 aromatic carbocycles. The van der Waals surface area contributed by atoms with Crippen molar-refractivity contribution in [3.63, 3.8) is 0 Å². The maximum atomic E-state index is 13.0. The molecule has 0 aliphatic carbocycles. The zero-order chi connectivity index (χ0) is 14.7. The van der Waals surface area contributed by atoms with Crippen LogP contribution in [0, 0.1) is 5.82 Å². The van der Waals surface area contributed by atoms with E-state index in [0.29, 0.717) is 12.2 Å². The summed E-state index contributed by atoms with van der Waals surface area (Å²) in [7, 11) is 0. The van der Waals surface area contributed by atoms with Crippen LogP contribution in [0.2, 0.25) is 0 Å². The van der Waals surface area contributed by atoms with Crippen molar-refractivity contribution in [2.45, 2.75) is 12.5 Å². The summed E-state index contributed by atoms with van der Waals surface area (Å²) in [5.74, 6) is 0.237. The van der Waals surface area contributed by atoms with E-state index in [2.05, 4.69) is 9.97 Å². The SMILES string of the molecule is N[C@H](Cc1ccccc1)c1cncn1-c1ccc(F)cn1. The van der Waals surface area contributed by atoms with Crippen LogP contribution in [-0.2, 0) is 6.42 Å². The Labute approximate surface area is 122 Å². The van der Waals surface area contributed by atoms with Gasteiger partial charge in [-0.2, -0.15) is 0 Å². The highest BCUT2D eigenvalue weighted by Crippen LogP contribution is 2.18. The van der Waals surface area contributed by atoms with Crippen LogP contribution in [0.5, 0.6) is 0 Å². The summed E-state index contributed by atoms with van der Waals surface area (Å²) in [5, 5.41) is 0. The first-order valence-electron chi connectivity index (χ1n) is 6.68. The largest absolute Gasteiger partial charge is 0.322 e. The molecule has 21 heavy (non-hydrogen) atoms. The van der Waals surface area contributed by atoms with Gasteiger partial charge in [0.25, 0.3) is 0 Å². The highest BCUT2D eigenvalue weighted by molar-refractivity contribution is 5.27. The molecule has 2 heterocycles. The van der Waals surface area contributed by atoms with Gasteiger partial charge in [0.2, 0.25) is 0 Å². The fraction of sp³-hybridized carbons (Fsp3) is 0.125. The summed E-state index contributed by atoms with van der Waals surface area (Å²) < 4.78 is 14.7. The first-order chi connectivity index (χ1) is 10.2. The number of nitrogens with zero attached hydrogens (tertiary/aromatic N) is 3. The number of rotatable bonds is 4. The van der Waals surface area contributed by atoms with E-state index in [-0.39, 0.29) is 11.9 Å². The highest BCUT2D eigenvalue weighted by Gasteiger charge is 2.14. The van der Waals surface area contributed by atoms with E-state index in [1.54, 1.807) is 23.2 Å². The monoisotopic (exact) mass is 282 g/mol. The lowest BCUT2D eigenvalue weighted by molar-refractivity contribution is 0.618. The number of nitrogens with two attached hydrogens (primary N) is 1. The van der Waals surface area contributed by atoms with Crippen molar-refractivity contribution in [3.05, 3.63) is 78.3 Å². The van der Waals surface area contributed by atoms with Crippen molar-refractivity contribution in [2.75, 3.05) is 0 Å². The predicted molar refractivity (Wildman–Crippen MR) is 78.4 cm³/mol. The Morgan fingerprint density at radius 1 is 1.10 bits per heavy atom. The standard InChI is InChI=1S/C16H15FN4/c17-13-6-7-16(20-9-13)21-11-19-10-15(21)14(18)8-12-4-2-1-3-5-12/h1-7,9-11,14H,8,18H2/t14-/m1/s1. The predicted octanol–water partition coefficient (Wildman–Crippen LogP) is 2.65. The van der Waals surface area contributed by atoms with E-state index < -0.39 is 0 Å². The van der Waals surface area contributed by atoms with Crippen LogP contribution < -0.4 is 5.73 Å². The molecule has 0 spiro atoms.